The Hall–Kier alpha value is -2.39. The van der Waals surface area contributed by atoms with Gasteiger partial charge in [-0.05, 0) is 12.1 Å². The van der Waals surface area contributed by atoms with Gasteiger partial charge < -0.3 is 4.74 Å². The number of hydrogen-bond acceptors (Lipinski definition) is 5. The third-order valence-electron chi connectivity index (χ3n) is 3.64. The number of benzene rings is 2. The van der Waals surface area contributed by atoms with Crippen LogP contribution in [0.2, 0.25) is 0 Å². The van der Waals surface area contributed by atoms with Crippen molar-refractivity contribution in [1.29, 1.82) is 0 Å². The quantitative estimate of drug-likeness (QED) is 0.608. The summed E-state index contributed by atoms with van der Waals surface area (Å²) in [6, 6.07) is 13.0. The summed E-state index contributed by atoms with van der Waals surface area (Å²) >= 11 is 0. The second-order valence-electron chi connectivity index (χ2n) is 5.24. The van der Waals surface area contributed by atoms with Crippen molar-refractivity contribution in [3.8, 4) is 11.5 Å². The third-order valence-corrected chi connectivity index (χ3v) is 4.64. The van der Waals surface area contributed by atoms with Crippen LogP contribution in [0.4, 0.5) is 13.2 Å². The Balaban J connectivity index is 1.93. The smallest absolute Gasteiger partial charge is 0.457 e. The lowest BCUT2D eigenvalue weighted by Gasteiger charge is -2.27. The van der Waals surface area contributed by atoms with Crippen LogP contribution >= 0.6 is 0 Å². The first-order valence-corrected chi connectivity index (χ1v) is 8.45. The molecular weight excluding hydrogens is 361 g/mol. The average Bonchev–Trinajstić information content (AvgIpc) is 2.56. The van der Waals surface area contributed by atoms with E-state index in [1.165, 1.54) is 0 Å². The topological polar surface area (TPSA) is 69.7 Å². The van der Waals surface area contributed by atoms with Gasteiger partial charge in [-0.2, -0.15) is 21.6 Å². The maximum Gasteiger partial charge on any atom is 0.523 e. The number of alkyl halides is 3. The summed E-state index contributed by atoms with van der Waals surface area (Å²) < 4.78 is 68.7. The van der Waals surface area contributed by atoms with Gasteiger partial charge in [0.2, 0.25) is 0 Å². The zero-order chi connectivity index (χ0) is 18.2. The summed E-state index contributed by atoms with van der Waals surface area (Å²) in [7, 11) is -5.84. The molecule has 0 unspecified atom stereocenters. The van der Waals surface area contributed by atoms with Crippen molar-refractivity contribution in [3.05, 3.63) is 59.7 Å². The molecule has 0 N–H and O–H groups in total. The largest absolute Gasteiger partial charge is 0.523 e. The summed E-state index contributed by atoms with van der Waals surface area (Å²) in [5, 5.41) is 0. The van der Waals surface area contributed by atoms with Crippen LogP contribution in [0.25, 0.3) is 0 Å². The number of ether oxygens (including phenoxy) is 1. The van der Waals surface area contributed by atoms with Crippen molar-refractivity contribution in [3.63, 3.8) is 0 Å². The first kappa shape index (κ1) is 17.4. The van der Waals surface area contributed by atoms with E-state index in [0.29, 0.717) is 22.6 Å². The molecule has 1 aliphatic rings. The number of fused-ring (bicyclic) bond motifs is 2. The molecule has 2 aromatic carbocycles. The molecular formula is C16H11F3O5S. The van der Waals surface area contributed by atoms with Crippen molar-refractivity contribution in [2.45, 2.75) is 11.4 Å². The molecule has 1 aliphatic heterocycles. The number of carbonyl (C=O) groups is 1. The second kappa shape index (κ2) is 6.16. The Kier molecular flexibility index (Phi) is 4.29. The standard InChI is InChI=1S/C16H11F3O5S/c17-16(18,19)25(21,22)23-9-12(20)15-10-5-1-3-7-13(10)24-14-8-4-2-6-11(14)15/h1-8,15H,9H2. The van der Waals surface area contributed by atoms with Crippen molar-refractivity contribution in [2.24, 2.45) is 0 Å². The zero-order valence-electron chi connectivity index (χ0n) is 12.5. The molecule has 2 aromatic rings. The van der Waals surface area contributed by atoms with Gasteiger partial charge in [0.25, 0.3) is 0 Å². The van der Waals surface area contributed by atoms with Crippen molar-refractivity contribution in [1.82, 2.24) is 0 Å². The Morgan fingerprint density at radius 1 is 1.00 bits per heavy atom. The molecule has 9 heteroatoms. The van der Waals surface area contributed by atoms with Gasteiger partial charge in [-0.1, -0.05) is 36.4 Å². The summed E-state index contributed by atoms with van der Waals surface area (Å²) in [5.74, 6) is -1.06. The summed E-state index contributed by atoms with van der Waals surface area (Å²) in [6.45, 7) is -1.23. The first-order valence-electron chi connectivity index (χ1n) is 7.05. The molecule has 132 valence electrons. The van der Waals surface area contributed by atoms with Crippen LogP contribution in [0.3, 0.4) is 0 Å². The Labute approximate surface area is 141 Å². The van der Waals surface area contributed by atoms with Crippen molar-refractivity contribution >= 4 is 15.9 Å². The molecule has 0 bridgehead atoms. The molecule has 0 aliphatic carbocycles. The van der Waals surface area contributed by atoms with Gasteiger partial charge in [0.15, 0.2) is 5.78 Å². The van der Waals surface area contributed by atoms with Crippen molar-refractivity contribution in [2.75, 3.05) is 6.61 Å². The molecule has 0 atom stereocenters. The van der Waals surface area contributed by atoms with E-state index in [2.05, 4.69) is 4.18 Å². The molecule has 5 nitrogen and oxygen atoms in total. The fourth-order valence-electron chi connectivity index (χ4n) is 2.54. The molecule has 0 saturated carbocycles. The third kappa shape index (κ3) is 3.24. The van der Waals surface area contributed by atoms with E-state index < -0.39 is 33.9 Å². The van der Waals surface area contributed by atoms with Gasteiger partial charge in [-0.15, -0.1) is 0 Å². The highest BCUT2D eigenvalue weighted by molar-refractivity contribution is 7.87. The van der Waals surface area contributed by atoms with Gasteiger partial charge in [-0.25, -0.2) is 0 Å². The Morgan fingerprint density at radius 2 is 1.48 bits per heavy atom. The maximum absolute atomic E-state index is 12.5. The van der Waals surface area contributed by atoms with E-state index >= 15 is 0 Å². The lowest BCUT2D eigenvalue weighted by Crippen LogP contribution is -2.30. The summed E-state index contributed by atoms with van der Waals surface area (Å²) in [4.78, 5) is 12.5. The number of hydrogen-bond donors (Lipinski definition) is 0. The summed E-state index contributed by atoms with van der Waals surface area (Å²) in [5.41, 5.74) is -4.72. The lowest BCUT2D eigenvalue weighted by atomic mass is 9.85. The second-order valence-corrected chi connectivity index (χ2v) is 6.85. The van der Waals surface area contributed by atoms with Crippen LogP contribution < -0.4 is 4.74 Å². The Bertz CT molecular complexity index is 876. The van der Waals surface area contributed by atoms with E-state index in [4.69, 9.17) is 4.74 Å². The number of halogens is 3. The van der Waals surface area contributed by atoms with Crippen LogP contribution in [0.1, 0.15) is 17.0 Å². The molecule has 1 heterocycles. The number of ketones is 1. The molecule has 0 radical (unpaired) electrons. The lowest BCUT2D eigenvalue weighted by molar-refractivity contribution is -0.122. The SMILES string of the molecule is O=C(COS(=O)(=O)C(F)(F)F)C1c2ccccc2Oc2ccccc21. The van der Waals surface area contributed by atoms with Gasteiger partial charge >= 0.3 is 15.6 Å². The van der Waals surface area contributed by atoms with E-state index in [9.17, 15) is 26.4 Å². The number of carbonyl (C=O) groups excluding carboxylic acids is 1. The number of Topliss-reactive ketones (excluding diaryl/α,β-unsaturated/α-hetero) is 1. The minimum absolute atomic E-state index is 0.373. The first-order chi connectivity index (χ1) is 11.7. The van der Waals surface area contributed by atoms with Gasteiger partial charge in [0, 0.05) is 11.1 Å². The molecule has 0 aromatic heterocycles. The van der Waals surface area contributed by atoms with Crippen LogP contribution in [-0.2, 0) is 19.1 Å². The monoisotopic (exact) mass is 372 g/mol. The average molecular weight is 372 g/mol. The predicted molar refractivity (Wildman–Crippen MR) is 80.7 cm³/mol. The zero-order valence-corrected chi connectivity index (χ0v) is 13.3. The fourth-order valence-corrected chi connectivity index (χ4v) is 2.95. The van der Waals surface area contributed by atoms with Crippen LogP contribution in [-0.4, -0.2) is 26.3 Å². The van der Waals surface area contributed by atoms with Crippen LogP contribution in [0.5, 0.6) is 11.5 Å². The normalized spacial score (nSPS) is 14.4. The number of para-hydroxylation sites is 2. The van der Waals surface area contributed by atoms with Gasteiger partial charge in [0.1, 0.15) is 18.1 Å². The molecule has 3 rings (SSSR count). The fraction of sp³-hybridized carbons (Fsp3) is 0.188. The van der Waals surface area contributed by atoms with E-state index in [1.807, 2.05) is 0 Å². The predicted octanol–water partition coefficient (Wildman–Crippen LogP) is 3.36. The maximum atomic E-state index is 12.5. The molecule has 0 spiro atoms. The van der Waals surface area contributed by atoms with Gasteiger partial charge in [0.05, 0.1) is 5.92 Å². The highest BCUT2D eigenvalue weighted by atomic mass is 32.2. The highest BCUT2D eigenvalue weighted by Gasteiger charge is 2.48. The molecule has 0 saturated heterocycles. The summed E-state index contributed by atoms with van der Waals surface area (Å²) in [6.07, 6.45) is 0. The Morgan fingerprint density at radius 3 is 1.96 bits per heavy atom. The minimum Gasteiger partial charge on any atom is -0.457 e. The highest BCUT2D eigenvalue weighted by Crippen LogP contribution is 2.44. The molecule has 25 heavy (non-hydrogen) atoms. The van der Waals surface area contributed by atoms with E-state index in [1.54, 1.807) is 48.5 Å². The number of rotatable bonds is 4. The van der Waals surface area contributed by atoms with Gasteiger partial charge in [-0.3, -0.25) is 8.98 Å². The van der Waals surface area contributed by atoms with Crippen LogP contribution in [0, 0.1) is 0 Å². The van der Waals surface area contributed by atoms with E-state index in [-0.39, 0.29) is 0 Å². The van der Waals surface area contributed by atoms with Crippen molar-refractivity contribution < 1.29 is 35.3 Å². The van der Waals surface area contributed by atoms with Crippen LogP contribution in [0.15, 0.2) is 48.5 Å². The molecule has 0 fully saturated rings. The minimum atomic E-state index is -5.84. The van der Waals surface area contributed by atoms with E-state index in [0.717, 1.165) is 0 Å². The molecule has 0 amide bonds.